The van der Waals surface area contributed by atoms with Gasteiger partial charge in [-0.25, -0.2) is 0 Å². The predicted molar refractivity (Wildman–Crippen MR) is 75.4 cm³/mol. The summed E-state index contributed by atoms with van der Waals surface area (Å²) in [5.41, 5.74) is 0.979. The van der Waals surface area contributed by atoms with E-state index >= 15 is 0 Å². The standard InChI is InChI=1S/C12H13Br2ClO/c1-7(2)12(16)10(14)6-8-5-9(13)3-4-11(8)15/h3-5,7,10H,6H2,1-2H3. The summed E-state index contributed by atoms with van der Waals surface area (Å²) in [7, 11) is 0. The molecule has 1 rings (SSSR count). The number of halogens is 3. The Morgan fingerprint density at radius 2 is 2.06 bits per heavy atom. The van der Waals surface area contributed by atoms with Gasteiger partial charge in [-0.05, 0) is 30.2 Å². The van der Waals surface area contributed by atoms with Crippen molar-refractivity contribution < 1.29 is 4.79 Å². The fourth-order valence-electron chi connectivity index (χ4n) is 1.36. The highest BCUT2D eigenvalue weighted by atomic mass is 79.9. The van der Waals surface area contributed by atoms with E-state index in [0.717, 1.165) is 10.0 Å². The van der Waals surface area contributed by atoms with Crippen LogP contribution in [0.25, 0.3) is 0 Å². The summed E-state index contributed by atoms with van der Waals surface area (Å²) in [6, 6.07) is 5.67. The van der Waals surface area contributed by atoms with Gasteiger partial charge in [0.25, 0.3) is 0 Å². The van der Waals surface area contributed by atoms with Crippen molar-refractivity contribution in [1.82, 2.24) is 0 Å². The first-order valence-corrected chi connectivity index (χ1v) is 7.12. The Kier molecular flexibility index (Phi) is 5.48. The lowest BCUT2D eigenvalue weighted by Crippen LogP contribution is -2.21. The minimum Gasteiger partial charge on any atom is -0.298 e. The summed E-state index contributed by atoms with van der Waals surface area (Å²) in [6.45, 7) is 3.80. The summed E-state index contributed by atoms with van der Waals surface area (Å²) in [5, 5.41) is 0.698. The van der Waals surface area contributed by atoms with Gasteiger partial charge in [0.05, 0.1) is 4.83 Å². The van der Waals surface area contributed by atoms with Crippen molar-refractivity contribution in [2.24, 2.45) is 5.92 Å². The van der Waals surface area contributed by atoms with Crippen molar-refractivity contribution >= 4 is 49.2 Å². The topological polar surface area (TPSA) is 17.1 Å². The van der Waals surface area contributed by atoms with Gasteiger partial charge in [-0.3, -0.25) is 4.79 Å². The Balaban J connectivity index is 2.80. The average molecular weight is 368 g/mol. The molecule has 4 heteroatoms. The molecule has 0 aliphatic carbocycles. The Morgan fingerprint density at radius 1 is 1.44 bits per heavy atom. The summed E-state index contributed by atoms with van der Waals surface area (Å²) in [6.07, 6.45) is 0.620. The van der Waals surface area contributed by atoms with E-state index in [1.165, 1.54) is 0 Å². The zero-order valence-electron chi connectivity index (χ0n) is 9.14. The molecule has 0 saturated carbocycles. The Bertz CT molecular complexity index is 391. The maximum Gasteiger partial charge on any atom is 0.149 e. The Hall–Kier alpha value is 0.140. The molecule has 1 atom stereocenters. The molecule has 16 heavy (non-hydrogen) atoms. The lowest BCUT2D eigenvalue weighted by molar-refractivity contribution is -0.121. The van der Waals surface area contributed by atoms with Crippen molar-refractivity contribution in [3.05, 3.63) is 33.3 Å². The van der Waals surface area contributed by atoms with Gasteiger partial charge in [0.2, 0.25) is 0 Å². The van der Waals surface area contributed by atoms with Gasteiger partial charge in [0.15, 0.2) is 0 Å². The second kappa shape index (κ2) is 6.18. The van der Waals surface area contributed by atoms with Crippen LogP contribution in [0.3, 0.4) is 0 Å². The maximum atomic E-state index is 11.7. The molecule has 0 aliphatic heterocycles. The van der Waals surface area contributed by atoms with E-state index in [4.69, 9.17) is 11.6 Å². The van der Waals surface area contributed by atoms with Gasteiger partial charge in [0, 0.05) is 15.4 Å². The maximum absolute atomic E-state index is 11.7. The van der Waals surface area contributed by atoms with Crippen LogP contribution in [-0.2, 0) is 11.2 Å². The van der Waals surface area contributed by atoms with Crippen molar-refractivity contribution in [2.75, 3.05) is 0 Å². The van der Waals surface area contributed by atoms with Crippen LogP contribution in [0, 0.1) is 5.92 Å². The van der Waals surface area contributed by atoms with Gasteiger partial charge in [-0.2, -0.15) is 0 Å². The number of hydrogen-bond donors (Lipinski definition) is 0. The van der Waals surface area contributed by atoms with E-state index in [1.54, 1.807) is 0 Å². The highest BCUT2D eigenvalue weighted by Crippen LogP contribution is 2.24. The first-order chi connectivity index (χ1) is 7.41. The van der Waals surface area contributed by atoms with Crippen molar-refractivity contribution in [2.45, 2.75) is 25.1 Å². The van der Waals surface area contributed by atoms with E-state index in [2.05, 4.69) is 31.9 Å². The number of alkyl halides is 1. The third-order valence-corrected chi connectivity index (χ3v) is 3.92. The summed E-state index contributed by atoms with van der Waals surface area (Å²) >= 11 is 12.9. The van der Waals surface area contributed by atoms with Crippen molar-refractivity contribution in [3.8, 4) is 0 Å². The quantitative estimate of drug-likeness (QED) is 0.708. The van der Waals surface area contributed by atoms with E-state index in [9.17, 15) is 4.79 Å². The normalized spacial score (nSPS) is 12.9. The van der Waals surface area contributed by atoms with Crippen LogP contribution in [0.4, 0.5) is 0 Å². The summed E-state index contributed by atoms with van der Waals surface area (Å²) in [4.78, 5) is 11.6. The molecule has 1 aromatic carbocycles. The third kappa shape index (κ3) is 3.86. The fraction of sp³-hybridized carbons (Fsp3) is 0.417. The van der Waals surface area contributed by atoms with Gasteiger partial charge in [-0.1, -0.05) is 57.3 Å². The van der Waals surface area contributed by atoms with Crippen LogP contribution < -0.4 is 0 Å². The number of benzene rings is 1. The van der Waals surface area contributed by atoms with Crippen LogP contribution >= 0.6 is 43.5 Å². The molecular formula is C12H13Br2ClO. The molecule has 1 unspecified atom stereocenters. The summed E-state index contributed by atoms with van der Waals surface area (Å²) in [5.74, 6) is 0.242. The van der Waals surface area contributed by atoms with Crippen molar-refractivity contribution in [1.29, 1.82) is 0 Å². The van der Waals surface area contributed by atoms with Crippen LogP contribution in [0.5, 0.6) is 0 Å². The average Bonchev–Trinajstić information content (AvgIpc) is 2.22. The largest absolute Gasteiger partial charge is 0.298 e. The molecule has 0 N–H and O–H groups in total. The number of Topliss-reactive ketones (excluding diaryl/α,β-unsaturated/α-hetero) is 1. The molecule has 0 amide bonds. The van der Waals surface area contributed by atoms with Gasteiger partial charge < -0.3 is 0 Å². The van der Waals surface area contributed by atoms with E-state index in [-0.39, 0.29) is 16.5 Å². The molecule has 0 fully saturated rings. The lowest BCUT2D eigenvalue weighted by Gasteiger charge is -2.12. The SMILES string of the molecule is CC(C)C(=O)C(Br)Cc1cc(Br)ccc1Cl. The summed E-state index contributed by atoms with van der Waals surface area (Å²) < 4.78 is 0.976. The highest BCUT2D eigenvalue weighted by Gasteiger charge is 2.19. The van der Waals surface area contributed by atoms with E-state index in [1.807, 2.05) is 32.0 Å². The van der Waals surface area contributed by atoms with Crippen LogP contribution in [0.2, 0.25) is 5.02 Å². The molecule has 0 aromatic heterocycles. The first kappa shape index (κ1) is 14.2. The molecule has 88 valence electrons. The third-order valence-electron chi connectivity index (χ3n) is 2.28. The van der Waals surface area contributed by atoms with Gasteiger partial charge >= 0.3 is 0 Å². The molecule has 0 aliphatic rings. The van der Waals surface area contributed by atoms with E-state index in [0.29, 0.717) is 11.4 Å². The molecular weight excluding hydrogens is 355 g/mol. The first-order valence-electron chi connectivity index (χ1n) is 5.03. The second-order valence-electron chi connectivity index (χ2n) is 3.96. The van der Waals surface area contributed by atoms with Gasteiger partial charge in [-0.15, -0.1) is 0 Å². The zero-order chi connectivity index (χ0) is 12.3. The van der Waals surface area contributed by atoms with Crippen LogP contribution in [-0.4, -0.2) is 10.6 Å². The number of hydrogen-bond acceptors (Lipinski definition) is 1. The molecule has 0 spiro atoms. The predicted octanol–water partition coefficient (Wildman–Crippen LogP) is 4.63. The highest BCUT2D eigenvalue weighted by molar-refractivity contribution is 9.10. The second-order valence-corrected chi connectivity index (χ2v) is 6.39. The Morgan fingerprint density at radius 3 is 2.62 bits per heavy atom. The monoisotopic (exact) mass is 366 g/mol. The molecule has 1 nitrogen and oxygen atoms in total. The number of ketones is 1. The van der Waals surface area contributed by atoms with E-state index < -0.39 is 0 Å². The number of carbonyl (C=O) groups is 1. The smallest absolute Gasteiger partial charge is 0.149 e. The van der Waals surface area contributed by atoms with Gasteiger partial charge in [0.1, 0.15) is 5.78 Å². The molecule has 0 saturated heterocycles. The minimum atomic E-state index is -0.167. The van der Waals surface area contributed by atoms with Crippen LogP contribution in [0.15, 0.2) is 22.7 Å². The lowest BCUT2D eigenvalue weighted by atomic mass is 10.0. The molecule has 1 aromatic rings. The van der Waals surface area contributed by atoms with Crippen molar-refractivity contribution in [3.63, 3.8) is 0 Å². The Labute approximate surface area is 118 Å². The number of rotatable bonds is 4. The molecule has 0 radical (unpaired) electrons. The molecule has 0 heterocycles. The fourth-order valence-corrected chi connectivity index (χ4v) is 2.84. The zero-order valence-corrected chi connectivity index (χ0v) is 13.1. The molecule has 0 bridgehead atoms. The minimum absolute atomic E-state index is 0.0373. The number of carbonyl (C=O) groups excluding carboxylic acids is 1. The van der Waals surface area contributed by atoms with Crippen LogP contribution in [0.1, 0.15) is 19.4 Å².